The van der Waals surface area contributed by atoms with Crippen molar-refractivity contribution in [2.75, 3.05) is 25.0 Å². The molecule has 1 aromatic carbocycles. The van der Waals surface area contributed by atoms with Gasteiger partial charge < -0.3 is 20.1 Å². The second-order valence-electron chi connectivity index (χ2n) is 6.13. The molecule has 1 aliphatic rings. The largest absolute Gasteiger partial charge is 0.465 e. The first kappa shape index (κ1) is 17.2. The Hall–Kier alpha value is -2.67. The van der Waals surface area contributed by atoms with Gasteiger partial charge in [-0.25, -0.2) is 9.78 Å². The average molecular weight is 342 g/mol. The molecule has 0 saturated carbocycles. The summed E-state index contributed by atoms with van der Waals surface area (Å²) in [6, 6.07) is 9.88. The second kappa shape index (κ2) is 7.48. The minimum atomic E-state index is -1.05. The van der Waals surface area contributed by atoms with E-state index in [0.29, 0.717) is 25.7 Å². The van der Waals surface area contributed by atoms with Crippen molar-refractivity contribution in [3.63, 3.8) is 0 Å². The van der Waals surface area contributed by atoms with E-state index < -0.39 is 6.09 Å². The van der Waals surface area contributed by atoms with Gasteiger partial charge in [0.25, 0.3) is 0 Å². The summed E-state index contributed by atoms with van der Waals surface area (Å²) in [5.41, 5.74) is 0. The molecule has 2 N–H and O–H groups in total. The maximum atomic E-state index is 11.4. The molecule has 2 aromatic rings. The van der Waals surface area contributed by atoms with Crippen LogP contribution in [0.1, 0.15) is 12.8 Å². The van der Waals surface area contributed by atoms with Crippen LogP contribution in [0.5, 0.6) is 0 Å². The van der Waals surface area contributed by atoms with E-state index in [9.17, 15) is 14.7 Å². The highest BCUT2D eigenvalue weighted by atomic mass is 16.4. The highest BCUT2D eigenvalue weighted by Gasteiger charge is 2.34. The van der Waals surface area contributed by atoms with Crippen LogP contribution in [-0.2, 0) is 4.79 Å². The lowest BCUT2D eigenvalue weighted by molar-refractivity contribution is -0.109. The monoisotopic (exact) mass is 342 g/mol. The molecule has 1 aromatic heterocycles. The van der Waals surface area contributed by atoms with Crippen LogP contribution in [0, 0.1) is 0 Å². The predicted molar refractivity (Wildman–Crippen MR) is 95.8 cm³/mol. The van der Waals surface area contributed by atoms with Crippen molar-refractivity contribution in [2.45, 2.75) is 25.0 Å². The van der Waals surface area contributed by atoms with Gasteiger partial charge in [0.1, 0.15) is 12.1 Å². The smallest absolute Gasteiger partial charge is 0.407 e. The van der Waals surface area contributed by atoms with Gasteiger partial charge in [0.15, 0.2) is 0 Å². The molecule has 0 bridgehead atoms. The van der Waals surface area contributed by atoms with Crippen LogP contribution in [-0.4, -0.2) is 59.7 Å². The molecule has 1 fully saturated rings. The van der Waals surface area contributed by atoms with Gasteiger partial charge in [0, 0.05) is 30.6 Å². The number of anilines is 1. The number of aromatic nitrogens is 1. The summed E-state index contributed by atoms with van der Waals surface area (Å²) in [6.45, 7) is 0.572. The number of carbonyl (C=O) groups is 2. The summed E-state index contributed by atoms with van der Waals surface area (Å²) in [7, 11) is 1.86. The molecular formula is C18H22N4O3. The number of amides is 1. The molecule has 132 valence electrons. The predicted octanol–water partition coefficient (Wildman–Crippen LogP) is 1.93. The first-order valence-electron chi connectivity index (χ1n) is 8.36. The quantitative estimate of drug-likeness (QED) is 0.808. The lowest BCUT2D eigenvalue weighted by atomic mass is 9.99. The fraction of sp³-hybridized carbons (Fsp3) is 0.389. The van der Waals surface area contributed by atoms with E-state index in [4.69, 9.17) is 0 Å². The first-order valence-corrected chi connectivity index (χ1v) is 8.36. The van der Waals surface area contributed by atoms with E-state index in [-0.39, 0.29) is 18.8 Å². The van der Waals surface area contributed by atoms with Crippen LogP contribution in [0.2, 0.25) is 0 Å². The lowest BCUT2D eigenvalue weighted by Crippen LogP contribution is -2.56. The summed E-state index contributed by atoms with van der Waals surface area (Å²) in [6.07, 6.45) is 2.59. The molecule has 25 heavy (non-hydrogen) atoms. The van der Waals surface area contributed by atoms with E-state index in [1.807, 2.05) is 31.3 Å². The van der Waals surface area contributed by atoms with Crippen molar-refractivity contribution in [1.82, 2.24) is 15.2 Å². The number of aldehydes is 1. The molecule has 0 radical (unpaired) electrons. The van der Waals surface area contributed by atoms with Gasteiger partial charge in [-0.15, -0.1) is 0 Å². The molecular weight excluding hydrogens is 320 g/mol. The van der Waals surface area contributed by atoms with E-state index in [1.54, 1.807) is 6.20 Å². The molecule has 2 atom stereocenters. The van der Waals surface area contributed by atoms with Crippen molar-refractivity contribution in [2.24, 2.45) is 0 Å². The Kier molecular flexibility index (Phi) is 5.14. The Bertz CT molecular complexity index is 762. The highest BCUT2D eigenvalue weighted by molar-refractivity contribution is 5.92. The number of nitrogens with one attached hydrogen (secondary N) is 1. The molecule has 7 heteroatoms. The number of pyridine rings is 1. The van der Waals surface area contributed by atoms with E-state index in [2.05, 4.69) is 21.3 Å². The maximum Gasteiger partial charge on any atom is 0.407 e. The van der Waals surface area contributed by atoms with Gasteiger partial charge in [-0.2, -0.15) is 0 Å². The standard InChI is InChI=1S/C18H22N4O3/c1-19-16-12-14(21(10-11-23)18(24)25)7-9-22(16)17-15-5-3-2-4-13(15)6-8-20-17/h2-6,8,11,14,16,19H,7,9-10,12H2,1H3,(H,24,25). The number of carboxylic acid groups (broad SMARTS) is 1. The Morgan fingerprint density at radius 3 is 2.96 bits per heavy atom. The number of fused-ring (bicyclic) bond motifs is 1. The fourth-order valence-electron chi connectivity index (χ4n) is 3.55. The second-order valence-corrected chi connectivity index (χ2v) is 6.13. The molecule has 2 heterocycles. The van der Waals surface area contributed by atoms with Crippen LogP contribution < -0.4 is 10.2 Å². The van der Waals surface area contributed by atoms with Crippen molar-refractivity contribution in [3.8, 4) is 0 Å². The maximum absolute atomic E-state index is 11.4. The number of hydrogen-bond donors (Lipinski definition) is 2. The van der Waals surface area contributed by atoms with Crippen LogP contribution >= 0.6 is 0 Å². The lowest BCUT2D eigenvalue weighted by Gasteiger charge is -2.43. The molecule has 0 spiro atoms. The Morgan fingerprint density at radius 2 is 2.24 bits per heavy atom. The summed E-state index contributed by atoms with van der Waals surface area (Å²) in [5, 5.41) is 14.8. The zero-order valence-electron chi connectivity index (χ0n) is 14.1. The Balaban J connectivity index is 1.87. The SMILES string of the molecule is CNC1CC(N(CC=O)C(=O)O)CCN1c1nccc2ccccc12. The third-order valence-electron chi connectivity index (χ3n) is 4.79. The normalized spacial score (nSPS) is 20.4. The molecule has 2 unspecified atom stereocenters. The Morgan fingerprint density at radius 1 is 1.44 bits per heavy atom. The minimum Gasteiger partial charge on any atom is -0.465 e. The van der Waals surface area contributed by atoms with Crippen LogP contribution in [0.3, 0.4) is 0 Å². The van der Waals surface area contributed by atoms with Crippen molar-refractivity contribution in [3.05, 3.63) is 36.5 Å². The third-order valence-corrected chi connectivity index (χ3v) is 4.79. The van der Waals surface area contributed by atoms with Gasteiger partial charge >= 0.3 is 6.09 Å². The summed E-state index contributed by atoms with van der Waals surface area (Å²) < 4.78 is 0. The Labute approximate surface area is 146 Å². The van der Waals surface area contributed by atoms with Crippen LogP contribution in [0.25, 0.3) is 10.8 Å². The third kappa shape index (κ3) is 3.41. The summed E-state index contributed by atoms with van der Waals surface area (Å²) >= 11 is 0. The number of benzene rings is 1. The van der Waals surface area contributed by atoms with E-state index in [0.717, 1.165) is 16.6 Å². The summed E-state index contributed by atoms with van der Waals surface area (Å²) in [4.78, 5) is 30.2. The molecule has 0 aliphatic carbocycles. The van der Waals surface area contributed by atoms with Gasteiger partial charge in [-0.3, -0.25) is 4.90 Å². The van der Waals surface area contributed by atoms with Crippen molar-refractivity contribution in [1.29, 1.82) is 0 Å². The highest BCUT2D eigenvalue weighted by Crippen LogP contribution is 2.30. The summed E-state index contributed by atoms with van der Waals surface area (Å²) in [5.74, 6) is 0.896. The van der Waals surface area contributed by atoms with E-state index in [1.165, 1.54) is 4.90 Å². The van der Waals surface area contributed by atoms with Crippen molar-refractivity contribution >= 4 is 29.0 Å². The molecule has 1 amide bonds. The molecule has 3 rings (SSSR count). The average Bonchev–Trinajstić information content (AvgIpc) is 2.65. The van der Waals surface area contributed by atoms with Crippen LogP contribution in [0.15, 0.2) is 36.5 Å². The zero-order valence-corrected chi connectivity index (χ0v) is 14.1. The molecule has 1 aliphatic heterocycles. The first-order chi connectivity index (χ1) is 12.2. The molecule has 1 saturated heterocycles. The van der Waals surface area contributed by atoms with E-state index >= 15 is 0 Å². The van der Waals surface area contributed by atoms with Gasteiger partial charge in [0.05, 0.1) is 12.7 Å². The number of rotatable bonds is 5. The van der Waals surface area contributed by atoms with Gasteiger partial charge in [-0.05, 0) is 24.9 Å². The number of hydrogen-bond acceptors (Lipinski definition) is 5. The van der Waals surface area contributed by atoms with Gasteiger partial charge in [0.2, 0.25) is 0 Å². The number of nitrogens with zero attached hydrogens (tertiary/aromatic N) is 3. The topological polar surface area (TPSA) is 85.8 Å². The zero-order chi connectivity index (χ0) is 17.8. The van der Waals surface area contributed by atoms with Gasteiger partial charge in [-0.1, -0.05) is 24.3 Å². The number of piperidine rings is 1. The fourth-order valence-corrected chi connectivity index (χ4v) is 3.55. The minimum absolute atomic E-state index is 0.0504. The van der Waals surface area contributed by atoms with Crippen molar-refractivity contribution < 1.29 is 14.7 Å². The molecule has 7 nitrogen and oxygen atoms in total. The van der Waals surface area contributed by atoms with Crippen LogP contribution in [0.4, 0.5) is 10.6 Å². The number of carbonyl (C=O) groups excluding carboxylic acids is 1.